The summed E-state index contributed by atoms with van der Waals surface area (Å²) in [5.74, 6) is -0.277. The van der Waals surface area contributed by atoms with E-state index in [1.54, 1.807) is 50.6 Å². The lowest BCUT2D eigenvalue weighted by molar-refractivity contribution is -0.144. The Morgan fingerprint density at radius 3 is 2.37 bits per heavy atom. The quantitative estimate of drug-likeness (QED) is 0.296. The van der Waals surface area contributed by atoms with Gasteiger partial charge in [-0.25, -0.2) is 22.3 Å². The fourth-order valence-corrected chi connectivity index (χ4v) is 8.78. The number of aryl methyl sites for hydroxylation is 1. The highest BCUT2D eigenvalue weighted by Crippen LogP contribution is 2.32. The summed E-state index contributed by atoms with van der Waals surface area (Å²) in [5, 5.41) is 24.7. The second-order valence-corrected chi connectivity index (χ2v) is 16.8. The molecule has 13 nitrogen and oxygen atoms in total. The normalized spacial score (nSPS) is 19.4. The number of fused-ring (bicyclic) bond motifs is 1. The second kappa shape index (κ2) is 16.5. The number of benzene rings is 2. The summed E-state index contributed by atoms with van der Waals surface area (Å²) in [7, 11) is -1.59. The van der Waals surface area contributed by atoms with E-state index >= 15 is 0 Å². The van der Waals surface area contributed by atoms with E-state index in [1.165, 1.54) is 4.31 Å². The minimum atomic E-state index is -3.38. The molecule has 5 rings (SSSR count). The third-order valence-electron chi connectivity index (χ3n) is 11.2. The summed E-state index contributed by atoms with van der Waals surface area (Å²) < 4.78 is 31.5. The first-order valence-corrected chi connectivity index (χ1v) is 20.3. The van der Waals surface area contributed by atoms with Crippen molar-refractivity contribution in [2.75, 3.05) is 57.4 Å². The zero-order valence-electron chi connectivity index (χ0n) is 31.1. The molecule has 0 saturated carbocycles. The van der Waals surface area contributed by atoms with Gasteiger partial charge in [-0.3, -0.25) is 4.79 Å². The Morgan fingerprint density at radius 2 is 1.73 bits per heavy atom. The van der Waals surface area contributed by atoms with E-state index in [4.69, 9.17) is 4.74 Å². The molecule has 15 heteroatoms. The van der Waals surface area contributed by atoms with E-state index in [-0.39, 0.29) is 49.0 Å². The fraction of sp³-hybridized carbons (Fsp3) is 0.595. The monoisotopic (exact) mass is 739 g/mol. The molecule has 3 aliphatic heterocycles. The number of piperidine rings is 2. The van der Waals surface area contributed by atoms with Crippen molar-refractivity contribution >= 4 is 47.1 Å². The van der Waals surface area contributed by atoms with Crippen LogP contribution in [-0.2, 0) is 32.4 Å². The maximum Gasteiger partial charge on any atom is 0.410 e. The molecule has 0 aliphatic carbocycles. The number of hydrogen-bond donors (Lipinski definition) is 3. The van der Waals surface area contributed by atoms with Crippen molar-refractivity contribution in [1.82, 2.24) is 19.0 Å². The summed E-state index contributed by atoms with van der Waals surface area (Å²) in [6.45, 7) is 7.89. The first-order valence-electron chi connectivity index (χ1n) is 18.4. The summed E-state index contributed by atoms with van der Waals surface area (Å²) in [6, 6.07) is 11.2. The number of para-hydroxylation sites is 1. The summed E-state index contributed by atoms with van der Waals surface area (Å²) in [5.41, 5.74) is 2.89. The number of phenols is 1. The molecule has 284 valence electrons. The number of carbonyl (C=O) groups excluding carboxylic acids is 3. The molecule has 0 aromatic heterocycles. The number of rotatable bonds is 11. The number of phenolic OH excluding ortho intramolecular Hbond substituents is 1. The van der Waals surface area contributed by atoms with Gasteiger partial charge in [0, 0.05) is 64.0 Å². The van der Waals surface area contributed by atoms with Crippen molar-refractivity contribution in [2.45, 2.75) is 83.5 Å². The number of anilines is 1. The van der Waals surface area contributed by atoms with Crippen LogP contribution in [0, 0.1) is 12.8 Å². The van der Waals surface area contributed by atoms with Gasteiger partial charge in [-0.05, 0) is 86.5 Å². The highest BCUT2D eigenvalue weighted by Gasteiger charge is 2.39. The number of ether oxygens (including phenoxy) is 1. The Bertz CT molecular complexity index is 1700. The van der Waals surface area contributed by atoms with Crippen LogP contribution >= 0.6 is 0 Å². The number of nitrogens with zero attached hydrogens (tertiary/aromatic N) is 4. The van der Waals surface area contributed by atoms with E-state index in [1.807, 2.05) is 29.2 Å². The van der Waals surface area contributed by atoms with Crippen LogP contribution in [0.2, 0.25) is 0 Å². The maximum atomic E-state index is 14.1. The Hall–Kier alpha value is -3.82. The van der Waals surface area contributed by atoms with Crippen LogP contribution in [0.5, 0.6) is 5.75 Å². The predicted molar refractivity (Wildman–Crippen MR) is 202 cm³/mol. The van der Waals surface area contributed by atoms with E-state index in [2.05, 4.69) is 5.32 Å². The molecule has 3 N–H and O–H groups in total. The smallest absolute Gasteiger partial charge is 0.410 e. The molecular formula is C37H54BN5O8S. The molecule has 52 heavy (non-hydrogen) atoms. The van der Waals surface area contributed by atoms with Crippen LogP contribution in [0.3, 0.4) is 0 Å². The van der Waals surface area contributed by atoms with Gasteiger partial charge in [-0.1, -0.05) is 37.3 Å². The zero-order valence-corrected chi connectivity index (χ0v) is 32.0. The molecule has 3 aliphatic rings. The van der Waals surface area contributed by atoms with Crippen LogP contribution in [-0.4, -0.2) is 133 Å². The SMILES string of the molecule is Bc1cc(C[C@@H](OC(=O)N2CCC(N3CCc4ccccc4NC3=O)CC2)C(=O)N2CCC(C(C)(O)CCN(CC)S(C)(=O)=O)CC2)cc(C)c1O. The molecule has 0 radical (unpaired) electrons. The van der Waals surface area contributed by atoms with E-state index < -0.39 is 27.8 Å². The van der Waals surface area contributed by atoms with Gasteiger partial charge in [0.25, 0.3) is 5.91 Å². The summed E-state index contributed by atoms with van der Waals surface area (Å²) >= 11 is 0. The number of aromatic hydroxyl groups is 1. The van der Waals surface area contributed by atoms with E-state index in [0.29, 0.717) is 76.0 Å². The van der Waals surface area contributed by atoms with Crippen molar-refractivity contribution in [3.05, 3.63) is 53.1 Å². The van der Waals surface area contributed by atoms with Crippen molar-refractivity contribution in [1.29, 1.82) is 0 Å². The van der Waals surface area contributed by atoms with E-state index in [9.17, 15) is 33.0 Å². The molecule has 2 atom stereocenters. The number of amides is 4. The Morgan fingerprint density at radius 1 is 1.08 bits per heavy atom. The van der Waals surface area contributed by atoms with Gasteiger partial charge in [0.05, 0.1) is 11.9 Å². The number of aliphatic hydroxyl groups is 1. The lowest BCUT2D eigenvalue weighted by Gasteiger charge is -2.41. The molecule has 2 aromatic carbocycles. The minimum absolute atomic E-state index is 0.0336. The Labute approximate surface area is 308 Å². The topological polar surface area (TPSA) is 160 Å². The lowest BCUT2D eigenvalue weighted by Crippen LogP contribution is -2.52. The number of urea groups is 1. The number of carbonyl (C=O) groups is 3. The molecule has 3 heterocycles. The van der Waals surface area contributed by atoms with Gasteiger partial charge in [-0.15, -0.1) is 0 Å². The largest absolute Gasteiger partial charge is 0.508 e. The minimum Gasteiger partial charge on any atom is -0.508 e. The molecule has 2 aromatic rings. The van der Waals surface area contributed by atoms with Crippen LogP contribution in [0.15, 0.2) is 36.4 Å². The first kappa shape index (κ1) is 39.4. The van der Waals surface area contributed by atoms with Crippen LogP contribution in [0.25, 0.3) is 0 Å². The lowest BCUT2D eigenvalue weighted by atomic mass is 9.79. The summed E-state index contributed by atoms with van der Waals surface area (Å²) in [4.78, 5) is 46.0. The van der Waals surface area contributed by atoms with Gasteiger partial charge >= 0.3 is 12.1 Å². The fourth-order valence-electron chi connectivity index (χ4n) is 7.89. The standard InChI is InChI=1S/C37H54BN5O8S/c1-5-42(52(4,49)50)21-15-37(3,48)28-11-16-40(17-12-28)34(45)32(24-26-22-25(2)33(44)30(38)23-26)51-36(47)41-18-13-29(14-19-41)43-20-10-27-8-6-7-9-31(27)39-35(43)46/h6-9,22-23,28-29,32,44,48H,5,10-21,24,38H2,1-4H3,(H,39,46)/t32-,37?/m1/s1. The average molecular weight is 740 g/mol. The van der Waals surface area contributed by atoms with Gasteiger partial charge < -0.3 is 35.0 Å². The number of sulfonamides is 1. The number of hydrogen-bond acceptors (Lipinski definition) is 8. The highest BCUT2D eigenvalue weighted by molar-refractivity contribution is 7.88. The van der Waals surface area contributed by atoms with Crippen molar-refractivity contribution in [2.24, 2.45) is 5.92 Å². The molecule has 1 unspecified atom stereocenters. The van der Waals surface area contributed by atoms with Crippen LogP contribution in [0.1, 0.15) is 62.6 Å². The first-order chi connectivity index (χ1) is 24.6. The molecular weight excluding hydrogens is 685 g/mol. The highest BCUT2D eigenvalue weighted by atomic mass is 32.2. The van der Waals surface area contributed by atoms with Crippen molar-refractivity contribution in [3.63, 3.8) is 0 Å². The second-order valence-electron chi connectivity index (χ2n) is 14.9. The van der Waals surface area contributed by atoms with Gasteiger partial charge in [0.15, 0.2) is 6.10 Å². The predicted octanol–water partition coefficient (Wildman–Crippen LogP) is 2.22. The zero-order chi connectivity index (χ0) is 37.8. The van der Waals surface area contributed by atoms with E-state index in [0.717, 1.165) is 29.5 Å². The Kier molecular flexibility index (Phi) is 12.5. The molecule has 2 saturated heterocycles. The Balaban J connectivity index is 1.22. The molecule has 4 amide bonds. The molecule has 0 spiro atoms. The van der Waals surface area contributed by atoms with Crippen molar-refractivity contribution in [3.8, 4) is 5.75 Å². The number of likely N-dealkylation sites (tertiary alicyclic amines) is 2. The third-order valence-corrected chi connectivity index (χ3v) is 12.5. The third kappa shape index (κ3) is 9.39. The van der Waals surface area contributed by atoms with Gasteiger partial charge in [0.1, 0.15) is 13.6 Å². The average Bonchev–Trinajstić information content (AvgIpc) is 3.27. The summed E-state index contributed by atoms with van der Waals surface area (Å²) in [6.07, 6.45) is 2.84. The van der Waals surface area contributed by atoms with Gasteiger partial charge in [-0.2, -0.15) is 0 Å². The van der Waals surface area contributed by atoms with Crippen molar-refractivity contribution < 1.29 is 37.8 Å². The number of nitrogens with one attached hydrogen (secondary N) is 1. The van der Waals surface area contributed by atoms with Crippen LogP contribution in [0.4, 0.5) is 15.3 Å². The van der Waals surface area contributed by atoms with Crippen LogP contribution < -0.4 is 10.8 Å². The maximum absolute atomic E-state index is 14.1. The van der Waals surface area contributed by atoms with Gasteiger partial charge in [0.2, 0.25) is 10.0 Å². The molecule has 2 fully saturated rings. The molecule has 0 bridgehead atoms.